The molecule has 0 aromatic carbocycles. The Kier molecular flexibility index (Phi) is 5.15. The molecule has 5 nitrogen and oxygen atoms in total. The van der Waals surface area contributed by atoms with Crippen molar-refractivity contribution in [1.82, 2.24) is 14.7 Å². The molecule has 0 amide bonds. The van der Waals surface area contributed by atoms with Gasteiger partial charge >= 0.3 is 5.97 Å². The van der Waals surface area contributed by atoms with Gasteiger partial charge in [-0.15, -0.1) is 0 Å². The quantitative estimate of drug-likeness (QED) is 0.869. The van der Waals surface area contributed by atoms with E-state index in [9.17, 15) is 9.90 Å². The molecule has 6 heteroatoms. The molecule has 0 spiro atoms. The van der Waals surface area contributed by atoms with Crippen LogP contribution < -0.4 is 0 Å². The number of nitrogens with zero attached hydrogens (tertiary/aromatic N) is 3. The summed E-state index contributed by atoms with van der Waals surface area (Å²) in [5.41, 5.74) is 1.11. The molecule has 0 bridgehead atoms. The second kappa shape index (κ2) is 6.05. The van der Waals surface area contributed by atoms with Gasteiger partial charge in [0.05, 0.1) is 15.9 Å². The first kappa shape index (κ1) is 16.2. The van der Waals surface area contributed by atoms with Gasteiger partial charge in [-0.25, -0.2) is 0 Å². The summed E-state index contributed by atoms with van der Waals surface area (Å²) in [4.78, 5) is 13.3. The minimum absolute atomic E-state index is 0.555. The molecule has 0 unspecified atom stereocenters. The minimum Gasteiger partial charge on any atom is -0.480 e. The Bertz CT molecular complexity index is 469. The van der Waals surface area contributed by atoms with Crippen molar-refractivity contribution in [2.45, 2.75) is 46.2 Å². The number of aromatic nitrogens is 2. The first-order valence-electron chi connectivity index (χ1n) is 6.44. The highest BCUT2D eigenvalue weighted by Gasteiger charge is 2.34. The first-order chi connectivity index (χ1) is 8.75. The Balaban J connectivity index is 3.06. The van der Waals surface area contributed by atoms with Crippen LogP contribution in [0.25, 0.3) is 0 Å². The van der Waals surface area contributed by atoms with E-state index >= 15 is 0 Å². The molecule has 0 radical (unpaired) electrons. The van der Waals surface area contributed by atoms with Crippen molar-refractivity contribution in [3.05, 3.63) is 15.9 Å². The smallest absolute Gasteiger partial charge is 0.323 e. The zero-order valence-electron chi connectivity index (χ0n) is 12.2. The highest BCUT2D eigenvalue weighted by Crippen LogP contribution is 2.25. The van der Waals surface area contributed by atoms with E-state index < -0.39 is 11.5 Å². The summed E-state index contributed by atoms with van der Waals surface area (Å²) < 4.78 is 2.81. The second-order valence-electron chi connectivity index (χ2n) is 5.06. The molecule has 1 aromatic heterocycles. The normalized spacial score (nSPS) is 12.2. The molecular weight excluding hydrogens is 310 g/mol. The summed E-state index contributed by atoms with van der Waals surface area (Å²) in [5.74, 6) is -0.816. The monoisotopic (exact) mass is 331 g/mol. The summed E-state index contributed by atoms with van der Waals surface area (Å²) in [5, 5.41) is 13.8. The number of carboxylic acid groups (broad SMARTS) is 1. The van der Waals surface area contributed by atoms with Crippen molar-refractivity contribution in [2.24, 2.45) is 7.05 Å². The van der Waals surface area contributed by atoms with Gasteiger partial charge in [0.25, 0.3) is 0 Å². The molecule has 0 saturated carbocycles. The second-order valence-corrected chi connectivity index (χ2v) is 5.86. The molecule has 0 aliphatic carbocycles. The number of aryl methyl sites for hydroxylation is 2. The fraction of sp³-hybridized carbons (Fsp3) is 0.692. The van der Waals surface area contributed by atoms with E-state index in [0.29, 0.717) is 13.1 Å². The maximum atomic E-state index is 11.4. The fourth-order valence-corrected chi connectivity index (χ4v) is 2.75. The van der Waals surface area contributed by atoms with Crippen LogP contribution in [-0.4, -0.2) is 37.8 Å². The molecule has 0 atom stereocenters. The largest absolute Gasteiger partial charge is 0.480 e. The SMILES string of the molecule is CCc1nn(C)c(CN(CC)C(C)(C)C(=O)O)c1Br. The third-order valence-electron chi connectivity index (χ3n) is 3.54. The van der Waals surface area contributed by atoms with Crippen LogP contribution in [0.4, 0.5) is 0 Å². The van der Waals surface area contributed by atoms with Crippen LogP contribution in [0.15, 0.2) is 4.47 Å². The van der Waals surface area contributed by atoms with Crippen LogP contribution in [0.5, 0.6) is 0 Å². The average molecular weight is 332 g/mol. The maximum absolute atomic E-state index is 11.4. The molecule has 0 aliphatic rings. The van der Waals surface area contributed by atoms with E-state index in [1.807, 2.05) is 23.6 Å². The Hall–Kier alpha value is -0.880. The van der Waals surface area contributed by atoms with Crippen LogP contribution in [0.2, 0.25) is 0 Å². The maximum Gasteiger partial charge on any atom is 0.323 e. The van der Waals surface area contributed by atoms with Gasteiger partial charge in [-0.2, -0.15) is 5.10 Å². The van der Waals surface area contributed by atoms with Crippen LogP contribution in [0, 0.1) is 0 Å². The van der Waals surface area contributed by atoms with Crippen LogP contribution in [0.3, 0.4) is 0 Å². The van der Waals surface area contributed by atoms with Gasteiger partial charge in [0, 0.05) is 13.6 Å². The zero-order valence-corrected chi connectivity index (χ0v) is 13.8. The third kappa shape index (κ3) is 3.17. The van der Waals surface area contributed by atoms with Crippen LogP contribution in [0.1, 0.15) is 39.1 Å². The van der Waals surface area contributed by atoms with E-state index in [0.717, 1.165) is 22.3 Å². The van der Waals surface area contributed by atoms with Crippen molar-refractivity contribution in [2.75, 3.05) is 6.54 Å². The highest BCUT2D eigenvalue weighted by molar-refractivity contribution is 9.10. The molecule has 1 rings (SSSR count). The van der Waals surface area contributed by atoms with Crippen molar-refractivity contribution in [3.8, 4) is 0 Å². The number of aliphatic carboxylic acids is 1. The predicted molar refractivity (Wildman–Crippen MR) is 78.1 cm³/mol. The van der Waals surface area contributed by atoms with E-state index in [1.54, 1.807) is 13.8 Å². The Morgan fingerprint density at radius 3 is 2.42 bits per heavy atom. The summed E-state index contributed by atoms with van der Waals surface area (Å²) in [6.07, 6.45) is 0.850. The zero-order chi connectivity index (χ0) is 14.8. The summed E-state index contributed by atoms with van der Waals surface area (Å²) in [6, 6.07) is 0. The summed E-state index contributed by atoms with van der Waals surface area (Å²) >= 11 is 3.57. The van der Waals surface area contributed by atoms with Gasteiger partial charge < -0.3 is 5.11 Å². The Morgan fingerprint density at radius 1 is 1.47 bits per heavy atom. The van der Waals surface area contributed by atoms with Crippen molar-refractivity contribution >= 4 is 21.9 Å². The standard InChI is InChI=1S/C13H22BrN3O2/c1-6-9-11(14)10(16(5)15-9)8-17(7-2)13(3,4)12(18)19/h6-8H2,1-5H3,(H,18,19). The number of carboxylic acids is 1. The van der Waals surface area contributed by atoms with Crippen molar-refractivity contribution < 1.29 is 9.90 Å². The highest BCUT2D eigenvalue weighted by atomic mass is 79.9. The molecule has 1 N–H and O–H groups in total. The topological polar surface area (TPSA) is 58.4 Å². The molecule has 0 saturated heterocycles. The van der Waals surface area contributed by atoms with E-state index in [2.05, 4.69) is 28.0 Å². The number of likely N-dealkylation sites (N-methyl/N-ethyl adjacent to an activating group) is 1. The van der Waals surface area contributed by atoms with Gasteiger partial charge in [-0.05, 0) is 42.7 Å². The molecule has 0 aliphatic heterocycles. The van der Waals surface area contributed by atoms with Gasteiger partial charge in [0.15, 0.2) is 0 Å². The van der Waals surface area contributed by atoms with E-state index in [4.69, 9.17) is 0 Å². The van der Waals surface area contributed by atoms with Crippen molar-refractivity contribution in [3.63, 3.8) is 0 Å². The van der Waals surface area contributed by atoms with Crippen molar-refractivity contribution in [1.29, 1.82) is 0 Å². The number of halogens is 1. The van der Waals surface area contributed by atoms with E-state index in [-0.39, 0.29) is 0 Å². The lowest BCUT2D eigenvalue weighted by atomic mass is 10.0. The fourth-order valence-electron chi connectivity index (χ4n) is 2.01. The van der Waals surface area contributed by atoms with Crippen LogP contribution in [-0.2, 0) is 24.8 Å². The van der Waals surface area contributed by atoms with Gasteiger partial charge in [0.2, 0.25) is 0 Å². The Morgan fingerprint density at radius 2 is 2.05 bits per heavy atom. The number of rotatable bonds is 6. The van der Waals surface area contributed by atoms with Gasteiger partial charge in [0.1, 0.15) is 5.54 Å². The molecule has 1 aromatic rings. The lowest BCUT2D eigenvalue weighted by Crippen LogP contribution is -2.49. The summed E-state index contributed by atoms with van der Waals surface area (Å²) in [7, 11) is 1.89. The predicted octanol–water partition coefficient (Wildman–Crippen LogP) is 2.43. The molecule has 1 heterocycles. The average Bonchev–Trinajstić information content (AvgIpc) is 2.61. The lowest BCUT2D eigenvalue weighted by molar-refractivity contribution is -0.149. The first-order valence-corrected chi connectivity index (χ1v) is 7.23. The number of hydrogen-bond donors (Lipinski definition) is 1. The molecule has 19 heavy (non-hydrogen) atoms. The van der Waals surface area contributed by atoms with Crippen LogP contribution >= 0.6 is 15.9 Å². The lowest BCUT2D eigenvalue weighted by Gasteiger charge is -2.34. The van der Waals surface area contributed by atoms with E-state index in [1.165, 1.54) is 0 Å². The minimum atomic E-state index is -0.898. The number of carbonyl (C=O) groups is 1. The number of hydrogen-bond acceptors (Lipinski definition) is 3. The van der Waals surface area contributed by atoms with Gasteiger partial charge in [-0.3, -0.25) is 14.4 Å². The summed E-state index contributed by atoms with van der Waals surface area (Å²) in [6.45, 7) is 8.69. The van der Waals surface area contributed by atoms with Gasteiger partial charge in [-0.1, -0.05) is 13.8 Å². The molecule has 108 valence electrons. The Labute approximate surface area is 122 Å². The third-order valence-corrected chi connectivity index (χ3v) is 4.45. The molecular formula is C13H22BrN3O2. The molecule has 0 fully saturated rings.